The number of carbonyl (C=O) groups excluding carboxylic acids is 3. The van der Waals surface area contributed by atoms with Crippen LogP contribution in [0, 0.1) is 6.92 Å². The van der Waals surface area contributed by atoms with Crippen LogP contribution in [-0.4, -0.2) is 40.9 Å². The average molecular weight is 355 g/mol. The molecular weight excluding hydrogens is 338 g/mol. The number of furan rings is 1. The Morgan fingerprint density at radius 3 is 2.73 bits per heavy atom. The normalized spacial score (nSPS) is 13.8. The van der Waals surface area contributed by atoms with Crippen LogP contribution in [0.3, 0.4) is 0 Å². The van der Waals surface area contributed by atoms with Gasteiger partial charge in [0.2, 0.25) is 0 Å². The van der Waals surface area contributed by atoms with Crippen LogP contribution < -0.4 is 10.6 Å². The maximum atomic E-state index is 12.1. The maximum Gasteiger partial charge on any atom is 0.291 e. The van der Waals surface area contributed by atoms with Crippen LogP contribution in [0.25, 0.3) is 0 Å². The molecule has 1 aromatic carbocycles. The number of rotatable bonds is 6. The minimum absolute atomic E-state index is 0.0455. The molecule has 0 saturated heterocycles. The van der Waals surface area contributed by atoms with Gasteiger partial charge in [-0.15, -0.1) is 0 Å². The Labute approximate surface area is 149 Å². The minimum Gasteiger partial charge on any atom is -0.459 e. The molecule has 3 N–H and O–H groups in total. The van der Waals surface area contributed by atoms with Gasteiger partial charge in [0.15, 0.2) is 5.76 Å². The number of hydrogen-bond acceptors (Lipinski definition) is 6. The molecular formula is C18H17N3O5. The molecule has 0 spiro atoms. The van der Waals surface area contributed by atoms with Crippen LogP contribution in [0.1, 0.15) is 16.1 Å². The molecule has 8 nitrogen and oxygen atoms in total. The fourth-order valence-electron chi connectivity index (χ4n) is 2.54. The van der Waals surface area contributed by atoms with E-state index in [4.69, 9.17) is 9.52 Å². The van der Waals surface area contributed by atoms with E-state index in [1.807, 2.05) is 0 Å². The average Bonchev–Trinajstić information content (AvgIpc) is 3.22. The molecule has 134 valence electrons. The zero-order chi connectivity index (χ0) is 18.7. The summed E-state index contributed by atoms with van der Waals surface area (Å²) in [7, 11) is 0. The Morgan fingerprint density at radius 2 is 2.08 bits per heavy atom. The van der Waals surface area contributed by atoms with Gasteiger partial charge in [-0.25, -0.2) is 0 Å². The second kappa shape index (κ2) is 7.24. The van der Waals surface area contributed by atoms with E-state index in [-0.39, 0.29) is 30.5 Å². The first kappa shape index (κ1) is 17.4. The van der Waals surface area contributed by atoms with Gasteiger partial charge in [-0.3, -0.25) is 19.3 Å². The van der Waals surface area contributed by atoms with Crippen molar-refractivity contribution in [2.45, 2.75) is 6.92 Å². The van der Waals surface area contributed by atoms with Crippen molar-refractivity contribution in [2.75, 3.05) is 23.8 Å². The third-order valence-electron chi connectivity index (χ3n) is 3.83. The highest BCUT2D eigenvalue weighted by Crippen LogP contribution is 2.23. The molecule has 1 aliphatic heterocycles. The van der Waals surface area contributed by atoms with Crippen molar-refractivity contribution in [3.05, 3.63) is 59.7 Å². The van der Waals surface area contributed by atoms with E-state index in [1.54, 1.807) is 37.3 Å². The highest BCUT2D eigenvalue weighted by atomic mass is 16.3. The highest BCUT2D eigenvalue weighted by molar-refractivity contribution is 6.17. The van der Waals surface area contributed by atoms with Gasteiger partial charge in [-0.2, -0.15) is 0 Å². The second-order valence-electron chi connectivity index (χ2n) is 5.66. The zero-order valence-corrected chi connectivity index (χ0v) is 14.0. The largest absolute Gasteiger partial charge is 0.459 e. The Balaban J connectivity index is 1.70. The topological polar surface area (TPSA) is 112 Å². The lowest BCUT2D eigenvalue weighted by atomic mass is 10.1. The number of amides is 3. The Morgan fingerprint density at radius 1 is 1.27 bits per heavy atom. The summed E-state index contributed by atoms with van der Waals surface area (Å²) in [6, 6.07) is 8.30. The first-order chi connectivity index (χ1) is 12.5. The smallest absolute Gasteiger partial charge is 0.291 e. The summed E-state index contributed by atoms with van der Waals surface area (Å²) in [6.07, 6.45) is 2.61. The van der Waals surface area contributed by atoms with E-state index < -0.39 is 11.8 Å². The van der Waals surface area contributed by atoms with Crippen molar-refractivity contribution in [3.63, 3.8) is 0 Å². The molecule has 1 aromatic heterocycles. The monoisotopic (exact) mass is 355 g/mol. The van der Waals surface area contributed by atoms with Gasteiger partial charge in [0.25, 0.3) is 17.7 Å². The maximum absolute atomic E-state index is 12.1. The van der Waals surface area contributed by atoms with Gasteiger partial charge in [0, 0.05) is 17.5 Å². The quantitative estimate of drug-likeness (QED) is 0.677. The van der Waals surface area contributed by atoms with Crippen LogP contribution in [0.2, 0.25) is 0 Å². The summed E-state index contributed by atoms with van der Waals surface area (Å²) >= 11 is 0. The molecule has 0 fully saturated rings. The Kier molecular flexibility index (Phi) is 4.85. The lowest BCUT2D eigenvalue weighted by Gasteiger charge is -2.14. The molecule has 0 atom stereocenters. The summed E-state index contributed by atoms with van der Waals surface area (Å²) in [4.78, 5) is 36.9. The zero-order valence-electron chi connectivity index (χ0n) is 14.0. The molecule has 2 heterocycles. The Hall–Kier alpha value is -3.39. The standard InChI is InChI=1S/C18H17N3O5/c1-11-9-12(19-14-10-16(23)21(6-7-22)18(14)25)4-5-13(11)20-17(24)15-3-2-8-26-15/h2-5,8-10,19,22H,6-7H2,1H3,(H,20,24). The lowest BCUT2D eigenvalue weighted by molar-refractivity contribution is -0.137. The molecule has 0 aliphatic carbocycles. The predicted molar refractivity (Wildman–Crippen MR) is 93.4 cm³/mol. The van der Waals surface area contributed by atoms with Gasteiger partial charge in [-0.05, 0) is 42.8 Å². The molecule has 2 aromatic rings. The van der Waals surface area contributed by atoms with Crippen molar-refractivity contribution < 1.29 is 23.9 Å². The van der Waals surface area contributed by atoms with E-state index >= 15 is 0 Å². The predicted octanol–water partition coefficient (Wildman–Crippen LogP) is 1.50. The third-order valence-corrected chi connectivity index (χ3v) is 3.83. The molecule has 0 bridgehead atoms. The van der Waals surface area contributed by atoms with Crippen molar-refractivity contribution >= 4 is 29.1 Å². The SMILES string of the molecule is Cc1cc(NC2=CC(=O)N(CCO)C2=O)ccc1NC(=O)c1ccco1. The van der Waals surface area contributed by atoms with E-state index in [9.17, 15) is 14.4 Å². The van der Waals surface area contributed by atoms with Crippen LogP contribution in [0.15, 0.2) is 52.8 Å². The van der Waals surface area contributed by atoms with E-state index in [2.05, 4.69) is 10.6 Å². The minimum atomic E-state index is -0.489. The van der Waals surface area contributed by atoms with Crippen LogP contribution >= 0.6 is 0 Å². The first-order valence-corrected chi connectivity index (χ1v) is 7.90. The van der Waals surface area contributed by atoms with Gasteiger partial charge in [-0.1, -0.05) is 0 Å². The Bertz CT molecular complexity index is 886. The second-order valence-corrected chi connectivity index (χ2v) is 5.66. The number of carbonyl (C=O) groups is 3. The van der Waals surface area contributed by atoms with E-state index in [0.29, 0.717) is 11.4 Å². The number of aryl methyl sites for hydroxylation is 1. The van der Waals surface area contributed by atoms with Crippen LogP contribution in [0.5, 0.6) is 0 Å². The molecule has 26 heavy (non-hydrogen) atoms. The highest BCUT2D eigenvalue weighted by Gasteiger charge is 2.30. The van der Waals surface area contributed by atoms with Crippen molar-refractivity contribution in [3.8, 4) is 0 Å². The van der Waals surface area contributed by atoms with Crippen LogP contribution in [-0.2, 0) is 9.59 Å². The van der Waals surface area contributed by atoms with Gasteiger partial charge in [0.1, 0.15) is 5.70 Å². The van der Waals surface area contributed by atoms with E-state index in [0.717, 1.165) is 10.5 Å². The number of β-amino-alcohol motifs (C(OH)–C–C–N with tert-alkyl or cyclic N) is 1. The molecule has 0 radical (unpaired) electrons. The molecule has 0 unspecified atom stereocenters. The summed E-state index contributed by atoms with van der Waals surface area (Å²) < 4.78 is 5.05. The number of benzene rings is 1. The summed E-state index contributed by atoms with van der Waals surface area (Å²) in [5.74, 6) is -1.11. The first-order valence-electron chi connectivity index (χ1n) is 7.90. The van der Waals surface area contributed by atoms with Crippen molar-refractivity contribution in [1.29, 1.82) is 0 Å². The molecule has 1 aliphatic rings. The summed E-state index contributed by atoms with van der Waals surface area (Å²) in [5, 5.41) is 14.6. The van der Waals surface area contributed by atoms with Gasteiger partial charge in [0.05, 0.1) is 19.4 Å². The number of aliphatic hydroxyl groups is 1. The number of imide groups is 1. The van der Waals surface area contributed by atoms with Gasteiger partial charge >= 0.3 is 0 Å². The number of anilines is 2. The number of hydrogen-bond donors (Lipinski definition) is 3. The number of nitrogens with one attached hydrogen (secondary N) is 2. The van der Waals surface area contributed by atoms with Crippen molar-refractivity contribution in [2.24, 2.45) is 0 Å². The fourth-order valence-corrected chi connectivity index (χ4v) is 2.54. The van der Waals surface area contributed by atoms with Crippen molar-refractivity contribution in [1.82, 2.24) is 4.90 Å². The summed E-state index contributed by atoms with van der Waals surface area (Å²) in [5.41, 5.74) is 2.09. The lowest BCUT2D eigenvalue weighted by Crippen LogP contribution is -2.34. The van der Waals surface area contributed by atoms with Gasteiger partial charge < -0.3 is 20.2 Å². The molecule has 8 heteroatoms. The van der Waals surface area contributed by atoms with E-state index in [1.165, 1.54) is 12.3 Å². The number of aliphatic hydroxyl groups excluding tert-OH is 1. The third kappa shape index (κ3) is 3.50. The van der Waals surface area contributed by atoms with Crippen LogP contribution in [0.4, 0.5) is 11.4 Å². The molecule has 0 saturated carbocycles. The number of nitrogens with zero attached hydrogens (tertiary/aromatic N) is 1. The fraction of sp³-hybridized carbons (Fsp3) is 0.167. The summed E-state index contributed by atoms with van der Waals surface area (Å²) in [6.45, 7) is 1.47. The molecule has 3 amide bonds. The molecule has 3 rings (SSSR count).